The van der Waals surface area contributed by atoms with Gasteiger partial charge < -0.3 is 24.5 Å². The molecule has 0 saturated carbocycles. The lowest BCUT2D eigenvalue weighted by Crippen LogP contribution is -2.12. The Hall–Kier alpha value is -2.21. The van der Waals surface area contributed by atoms with Gasteiger partial charge in [-0.3, -0.25) is 0 Å². The molecule has 1 aromatic heterocycles. The molecule has 2 aromatic rings. The smallest absolute Gasteiger partial charge is 0.231 e. The number of hydrogen-bond acceptors (Lipinski definition) is 5. The van der Waals surface area contributed by atoms with Gasteiger partial charge in [0.05, 0.1) is 13.4 Å². The molecule has 2 N–H and O–H groups in total. The molecular weight excluding hydrogens is 246 g/mol. The highest BCUT2D eigenvalue weighted by Gasteiger charge is 2.19. The van der Waals surface area contributed by atoms with Crippen LogP contribution in [0.25, 0.3) is 0 Å². The predicted octanol–water partition coefficient (Wildman–Crippen LogP) is 1.44. The molecule has 3 rings (SSSR count). The third kappa shape index (κ3) is 2.48. The number of nitrogens with zero attached hydrogens (tertiary/aromatic N) is 1. The summed E-state index contributed by atoms with van der Waals surface area (Å²) in [5, 5.41) is 3.32. The van der Waals surface area contributed by atoms with E-state index in [9.17, 15) is 0 Å². The number of H-pyrrole nitrogens is 1. The van der Waals surface area contributed by atoms with E-state index < -0.39 is 0 Å². The summed E-state index contributed by atoms with van der Waals surface area (Å²) in [6.45, 7) is 1.69. The van der Waals surface area contributed by atoms with Crippen LogP contribution in [0.1, 0.15) is 11.3 Å². The molecule has 0 radical (unpaired) electrons. The van der Waals surface area contributed by atoms with Crippen LogP contribution >= 0.6 is 0 Å². The number of aromatic amines is 1. The molecule has 6 heteroatoms. The fourth-order valence-corrected chi connectivity index (χ4v) is 2.01. The van der Waals surface area contributed by atoms with Gasteiger partial charge in [0.25, 0.3) is 0 Å². The fourth-order valence-electron chi connectivity index (χ4n) is 2.01. The van der Waals surface area contributed by atoms with E-state index in [0.717, 1.165) is 23.6 Å². The van der Waals surface area contributed by atoms with Crippen LogP contribution in [0, 0.1) is 0 Å². The van der Waals surface area contributed by atoms with Crippen LogP contribution in [0.5, 0.6) is 17.2 Å². The monoisotopic (exact) mass is 261 g/mol. The summed E-state index contributed by atoms with van der Waals surface area (Å²) < 4.78 is 16.0. The van der Waals surface area contributed by atoms with Gasteiger partial charge in [-0.15, -0.1) is 0 Å². The van der Waals surface area contributed by atoms with Crippen LogP contribution in [0.3, 0.4) is 0 Å². The zero-order chi connectivity index (χ0) is 13.1. The summed E-state index contributed by atoms with van der Waals surface area (Å²) in [6, 6.07) is 3.91. The van der Waals surface area contributed by atoms with E-state index in [2.05, 4.69) is 15.3 Å². The van der Waals surface area contributed by atoms with Gasteiger partial charge in [0.1, 0.15) is 0 Å². The normalized spacial score (nSPS) is 12.7. The number of hydrogen-bond donors (Lipinski definition) is 2. The molecule has 0 bridgehead atoms. The first-order valence-corrected chi connectivity index (χ1v) is 6.01. The van der Waals surface area contributed by atoms with E-state index >= 15 is 0 Å². The van der Waals surface area contributed by atoms with Crippen LogP contribution in [0.15, 0.2) is 24.7 Å². The molecule has 100 valence electrons. The number of aromatic nitrogens is 2. The van der Waals surface area contributed by atoms with Crippen molar-refractivity contribution < 1.29 is 14.2 Å². The van der Waals surface area contributed by atoms with E-state index in [4.69, 9.17) is 14.2 Å². The number of fused-ring (bicyclic) bond motifs is 1. The summed E-state index contributed by atoms with van der Waals surface area (Å²) >= 11 is 0. The van der Waals surface area contributed by atoms with Crippen LogP contribution in [0.2, 0.25) is 0 Å². The van der Waals surface area contributed by atoms with Crippen molar-refractivity contribution in [3.63, 3.8) is 0 Å². The molecule has 0 spiro atoms. The largest absolute Gasteiger partial charge is 0.493 e. The first kappa shape index (κ1) is 11.9. The minimum absolute atomic E-state index is 0.247. The van der Waals surface area contributed by atoms with Gasteiger partial charge >= 0.3 is 0 Å². The van der Waals surface area contributed by atoms with Crippen molar-refractivity contribution in [2.24, 2.45) is 0 Å². The summed E-state index contributed by atoms with van der Waals surface area (Å²) in [6.07, 6.45) is 3.47. The molecule has 1 aliphatic rings. The SMILES string of the molecule is COc1cc(CNCc2cnc[nH]2)cc2c1OCO2. The summed E-state index contributed by atoms with van der Waals surface area (Å²) in [7, 11) is 1.62. The van der Waals surface area contributed by atoms with Crippen LogP contribution in [0.4, 0.5) is 0 Å². The summed E-state index contributed by atoms with van der Waals surface area (Å²) in [4.78, 5) is 7.02. The van der Waals surface area contributed by atoms with E-state index in [1.165, 1.54) is 0 Å². The molecule has 19 heavy (non-hydrogen) atoms. The van der Waals surface area contributed by atoms with E-state index in [1.807, 2.05) is 12.1 Å². The first-order chi connectivity index (χ1) is 9.36. The molecule has 1 aromatic carbocycles. The Morgan fingerprint density at radius 3 is 3.11 bits per heavy atom. The Morgan fingerprint density at radius 2 is 2.32 bits per heavy atom. The highest BCUT2D eigenvalue weighted by Crippen LogP contribution is 2.41. The molecule has 0 fully saturated rings. The van der Waals surface area contributed by atoms with Gasteiger partial charge in [0.2, 0.25) is 12.5 Å². The summed E-state index contributed by atoms with van der Waals surface area (Å²) in [5.74, 6) is 2.12. The molecule has 2 heterocycles. The Balaban J connectivity index is 1.68. The highest BCUT2D eigenvalue weighted by molar-refractivity contribution is 5.55. The van der Waals surface area contributed by atoms with Gasteiger partial charge in [-0.05, 0) is 17.7 Å². The Morgan fingerprint density at radius 1 is 1.37 bits per heavy atom. The molecule has 0 unspecified atom stereocenters. The standard InChI is InChI=1S/C13H15N3O3/c1-17-11-2-9(3-12-13(11)19-8-18-12)4-14-5-10-6-15-7-16-10/h2-3,6-7,14H,4-5,8H2,1H3,(H,15,16). The van der Waals surface area contributed by atoms with Crippen molar-refractivity contribution >= 4 is 0 Å². The quantitative estimate of drug-likeness (QED) is 0.852. The van der Waals surface area contributed by atoms with E-state index in [1.54, 1.807) is 19.6 Å². The lowest BCUT2D eigenvalue weighted by atomic mass is 10.2. The molecular formula is C13H15N3O3. The second kappa shape index (κ2) is 5.19. The molecule has 0 saturated heterocycles. The van der Waals surface area contributed by atoms with Gasteiger partial charge in [-0.25, -0.2) is 4.98 Å². The molecule has 0 amide bonds. The van der Waals surface area contributed by atoms with E-state index in [-0.39, 0.29) is 6.79 Å². The minimum Gasteiger partial charge on any atom is -0.493 e. The van der Waals surface area contributed by atoms with Crippen LogP contribution in [-0.4, -0.2) is 23.9 Å². The number of ether oxygens (including phenoxy) is 3. The second-order valence-electron chi connectivity index (χ2n) is 4.21. The minimum atomic E-state index is 0.247. The number of nitrogens with one attached hydrogen (secondary N) is 2. The fraction of sp³-hybridized carbons (Fsp3) is 0.308. The van der Waals surface area contributed by atoms with Gasteiger partial charge in [0.15, 0.2) is 11.5 Å². The Bertz CT molecular complexity index is 555. The zero-order valence-corrected chi connectivity index (χ0v) is 10.6. The average Bonchev–Trinajstić information content (AvgIpc) is 3.08. The van der Waals surface area contributed by atoms with Gasteiger partial charge in [0, 0.05) is 25.0 Å². The van der Waals surface area contributed by atoms with Gasteiger partial charge in [-0.2, -0.15) is 0 Å². The maximum Gasteiger partial charge on any atom is 0.231 e. The maximum absolute atomic E-state index is 5.39. The molecule has 0 aliphatic carbocycles. The summed E-state index contributed by atoms with van der Waals surface area (Å²) in [5.41, 5.74) is 2.13. The second-order valence-corrected chi connectivity index (χ2v) is 4.21. The predicted molar refractivity (Wildman–Crippen MR) is 68.2 cm³/mol. The zero-order valence-electron chi connectivity index (χ0n) is 10.6. The average molecular weight is 261 g/mol. The van der Waals surface area contributed by atoms with E-state index in [0.29, 0.717) is 18.0 Å². The molecule has 1 aliphatic heterocycles. The first-order valence-electron chi connectivity index (χ1n) is 6.01. The number of benzene rings is 1. The lowest BCUT2D eigenvalue weighted by Gasteiger charge is -2.08. The molecule has 0 atom stereocenters. The third-order valence-electron chi connectivity index (χ3n) is 2.92. The Labute approximate surface area is 110 Å². The van der Waals surface area contributed by atoms with Crippen molar-refractivity contribution in [1.29, 1.82) is 0 Å². The van der Waals surface area contributed by atoms with Crippen molar-refractivity contribution in [2.75, 3.05) is 13.9 Å². The lowest BCUT2D eigenvalue weighted by molar-refractivity contribution is 0.171. The van der Waals surface area contributed by atoms with Crippen LogP contribution in [-0.2, 0) is 13.1 Å². The van der Waals surface area contributed by atoms with Crippen molar-refractivity contribution in [3.8, 4) is 17.2 Å². The van der Waals surface area contributed by atoms with Crippen molar-refractivity contribution in [3.05, 3.63) is 35.9 Å². The topological polar surface area (TPSA) is 68.4 Å². The van der Waals surface area contributed by atoms with Crippen LogP contribution < -0.4 is 19.5 Å². The number of imidazole rings is 1. The number of methoxy groups -OCH3 is 1. The van der Waals surface area contributed by atoms with Crippen molar-refractivity contribution in [1.82, 2.24) is 15.3 Å². The third-order valence-corrected chi connectivity index (χ3v) is 2.92. The highest BCUT2D eigenvalue weighted by atomic mass is 16.7. The maximum atomic E-state index is 5.39. The van der Waals surface area contributed by atoms with Gasteiger partial charge in [-0.1, -0.05) is 0 Å². The molecule has 6 nitrogen and oxygen atoms in total. The Kier molecular flexibility index (Phi) is 3.24. The van der Waals surface area contributed by atoms with Crippen molar-refractivity contribution in [2.45, 2.75) is 13.1 Å². The number of rotatable bonds is 5.